The molecular weight excluding hydrogens is 500 g/mol. The Kier molecular flexibility index (Phi) is 3.98. The fourth-order valence-corrected chi connectivity index (χ4v) is 7.11. The van der Waals surface area contributed by atoms with Gasteiger partial charge in [0.25, 0.3) is 0 Å². The predicted octanol–water partition coefficient (Wildman–Crippen LogP) is 8.02. The topological polar surface area (TPSA) is 45.7 Å². The summed E-state index contributed by atoms with van der Waals surface area (Å²) in [7, 11) is 6.89. The van der Waals surface area contributed by atoms with E-state index in [9.17, 15) is 0 Å². The molecule has 6 heteroatoms. The normalized spacial score (nSPS) is 12.5. The van der Waals surface area contributed by atoms with Crippen molar-refractivity contribution in [2.24, 2.45) is 0 Å². The average molecular weight is 525 g/mol. The SMILES string of the molecule is COc1ccc2c(c1)c1c3c4ccc(OC)cc4n4c5ccc(OC)cc5c(c5c6ccc(OC)cc6n2c15)c34. The summed E-state index contributed by atoms with van der Waals surface area (Å²) >= 11 is 0. The van der Waals surface area contributed by atoms with Crippen LogP contribution in [0.15, 0.2) is 72.8 Å². The van der Waals surface area contributed by atoms with E-state index in [4.69, 9.17) is 18.9 Å². The molecule has 5 aromatic carbocycles. The summed E-state index contributed by atoms with van der Waals surface area (Å²) in [5.41, 5.74) is 6.94. The van der Waals surface area contributed by atoms with Gasteiger partial charge in [0.2, 0.25) is 0 Å². The lowest BCUT2D eigenvalue weighted by Crippen LogP contribution is -1.85. The van der Waals surface area contributed by atoms with Gasteiger partial charge in [-0.15, -0.1) is 0 Å². The van der Waals surface area contributed by atoms with Crippen LogP contribution in [0, 0.1) is 0 Å². The van der Waals surface area contributed by atoms with Crippen molar-refractivity contribution in [3.05, 3.63) is 72.8 Å². The molecule has 4 heterocycles. The van der Waals surface area contributed by atoms with E-state index in [-0.39, 0.29) is 0 Å². The van der Waals surface area contributed by atoms with E-state index in [1.54, 1.807) is 28.4 Å². The quantitative estimate of drug-likeness (QED) is 0.234. The maximum absolute atomic E-state index is 5.72. The smallest absolute Gasteiger partial charge is 0.120 e. The number of hydrogen-bond acceptors (Lipinski definition) is 4. The van der Waals surface area contributed by atoms with Crippen molar-refractivity contribution in [3.8, 4) is 23.0 Å². The molecule has 0 atom stereocenters. The molecule has 0 aliphatic rings. The number of nitrogens with zero attached hydrogens (tertiary/aromatic N) is 2. The van der Waals surface area contributed by atoms with E-state index in [2.05, 4.69) is 69.5 Å². The Morgan fingerprint density at radius 3 is 1.12 bits per heavy atom. The van der Waals surface area contributed by atoms with Crippen LogP contribution in [0.1, 0.15) is 0 Å². The molecule has 0 bridgehead atoms. The third-order valence-corrected chi connectivity index (χ3v) is 8.75. The minimum Gasteiger partial charge on any atom is -0.497 e. The Hall–Kier alpha value is -5.10. The number of ether oxygens (including phenoxy) is 4. The fraction of sp³-hybridized carbons (Fsp3) is 0.118. The van der Waals surface area contributed by atoms with Crippen LogP contribution in [0.2, 0.25) is 0 Å². The summed E-state index contributed by atoms with van der Waals surface area (Å²) in [5, 5.41) is 9.65. The zero-order chi connectivity index (χ0) is 26.9. The van der Waals surface area contributed by atoms with Gasteiger partial charge in [-0.2, -0.15) is 0 Å². The number of methoxy groups -OCH3 is 4. The second-order valence-electron chi connectivity index (χ2n) is 10.4. The molecule has 0 saturated heterocycles. The van der Waals surface area contributed by atoms with Crippen LogP contribution in [0.3, 0.4) is 0 Å². The summed E-state index contributed by atoms with van der Waals surface area (Å²) in [4.78, 5) is 0. The van der Waals surface area contributed by atoms with E-state index in [0.717, 1.165) is 45.1 Å². The molecule has 0 fully saturated rings. The monoisotopic (exact) mass is 524 g/mol. The van der Waals surface area contributed by atoms with Crippen LogP contribution in [0.4, 0.5) is 0 Å². The zero-order valence-corrected chi connectivity index (χ0v) is 22.5. The molecule has 0 saturated carbocycles. The largest absolute Gasteiger partial charge is 0.497 e. The molecule has 0 aliphatic heterocycles. The Morgan fingerprint density at radius 1 is 0.375 bits per heavy atom. The van der Waals surface area contributed by atoms with E-state index in [0.29, 0.717) is 0 Å². The summed E-state index contributed by atoms with van der Waals surface area (Å²) in [6.07, 6.45) is 0. The van der Waals surface area contributed by atoms with Gasteiger partial charge in [0.15, 0.2) is 0 Å². The highest BCUT2D eigenvalue weighted by atomic mass is 16.5. The second kappa shape index (κ2) is 7.30. The number of benzene rings is 5. The number of fused-ring (bicyclic) bond motifs is 14. The Bertz CT molecular complexity index is 2310. The lowest BCUT2D eigenvalue weighted by molar-refractivity contribution is 0.415. The van der Waals surface area contributed by atoms with Crippen molar-refractivity contribution >= 4 is 76.2 Å². The number of aromatic nitrogens is 2. The van der Waals surface area contributed by atoms with Crippen LogP contribution >= 0.6 is 0 Å². The fourth-order valence-electron chi connectivity index (χ4n) is 7.11. The molecule has 4 aromatic heterocycles. The molecule has 6 nitrogen and oxygen atoms in total. The van der Waals surface area contributed by atoms with Crippen molar-refractivity contribution in [1.82, 2.24) is 8.80 Å². The highest BCUT2D eigenvalue weighted by Crippen LogP contribution is 2.52. The first kappa shape index (κ1) is 21.8. The van der Waals surface area contributed by atoms with Crippen LogP contribution in [0.5, 0.6) is 23.0 Å². The average Bonchev–Trinajstić information content (AvgIpc) is 3.71. The van der Waals surface area contributed by atoms with Gasteiger partial charge in [-0.25, -0.2) is 0 Å². The Morgan fingerprint density at radius 2 is 0.725 bits per heavy atom. The number of rotatable bonds is 4. The highest BCUT2D eigenvalue weighted by molar-refractivity contribution is 6.45. The van der Waals surface area contributed by atoms with Gasteiger partial charge in [-0.05, 0) is 60.7 Å². The summed E-state index contributed by atoms with van der Waals surface area (Å²) in [6, 6.07) is 25.6. The first-order valence-corrected chi connectivity index (χ1v) is 13.2. The van der Waals surface area contributed by atoms with Crippen molar-refractivity contribution in [2.45, 2.75) is 0 Å². The van der Waals surface area contributed by atoms with Crippen molar-refractivity contribution in [1.29, 1.82) is 0 Å². The molecule has 0 amide bonds. The van der Waals surface area contributed by atoms with Crippen LogP contribution in [-0.2, 0) is 0 Å². The molecule has 0 aliphatic carbocycles. The van der Waals surface area contributed by atoms with Crippen LogP contribution in [0.25, 0.3) is 76.2 Å². The second-order valence-corrected chi connectivity index (χ2v) is 10.4. The van der Waals surface area contributed by atoms with E-state index in [1.165, 1.54) is 54.1 Å². The summed E-state index contributed by atoms with van der Waals surface area (Å²) in [6.45, 7) is 0. The Balaban J connectivity index is 1.71. The minimum atomic E-state index is 0.833. The molecule has 40 heavy (non-hydrogen) atoms. The van der Waals surface area contributed by atoms with Gasteiger partial charge in [0, 0.05) is 55.2 Å². The number of hydrogen-bond donors (Lipinski definition) is 0. The van der Waals surface area contributed by atoms with Gasteiger partial charge in [-0.3, -0.25) is 0 Å². The van der Waals surface area contributed by atoms with Gasteiger partial charge in [0.05, 0.1) is 61.5 Å². The molecule has 0 N–H and O–H groups in total. The third kappa shape index (κ3) is 2.37. The lowest BCUT2D eigenvalue weighted by Gasteiger charge is -2.05. The van der Waals surface area contributed by atoms with Crippen LogP contribution in [-0.4, -0.2) is 37.2 Å². The standard InChI is InChI=1S/C34H24N2O4/c1-37-17-7-11-25-23(13-17)31-29-21-9-5-20(40-4)16-28(21)36-26-12-8-18(38-2)14-24(26)32(34(29)36)30-22-10-6-19(39-3)15-27(22)35(25)33(30)31/h5-16H,1-4H3. The van der Waals surface area contributed by atoms with Gasteiger partial charge in [-0.1, -0.05) is 0 Å². The zero-order valence-electron chi connectivity index (χ0n) is 22.5. The molecule has 0 unspecified atom stereocenters. The first-order chi connectivity index (χ1) is 19.7. The molecular formula is C34H24N2O4. The molecule has 9 aromatic rings. The molecule has 0 spiro atoms. The van der Waals surface area contributed by atoms with Gasteiger partial charge < -0.3 is 27.7 Å². The molecule has 0 radical (unpaired) electrons. The molecule has 194 valence electrons. The van der Waals surface area contributed by atoms with E-state index >= 15 is 0 Å². The van der Waals surface area contributed by atoms with E-state index < -0.39 is 0 Å². The summed E-state index contributed by atoms with van der Waals surface area (Å²) < 4.78 is 27.6. The first-order valence-electron chi connectivity index (χ1n) is 13.2. The van der Waals surface area contributed by atoms with Crippen molar-refractivity contribution in [2.75, 3.05) is 28.4 Å². The van der Waals surface area contributed by atoms with Crippen LogP contribution < -0.4 is 18.9 Å². The maximum Gasteiger partial charge on any atom is 0.120 e. The van der Waals surface area contributed by atoms with Crippen molar-refractivity contribution < 1.29 is 18.9 Å². The third-order valence-electron chi connectivity index (χ3n) is 8.75. The van der Waals surface area contributed by atoms with E-state index in [1.807, 2.05) is 12.1 Å². The van der Waals surface area contributed by atoms with Gasteiger partial charge >= 0.3 is 0 Å². The summed E-state index contributed by atoms with van der Waals surface area (Å²) in [5.74, 6) is 3.34. The van der Waals surface area contributed by atoms with Gasteiger partial charge in [0.1, 0.15) is 23.0 Å². The minimum absolute atomic E-state index is 0.833. The predicted molar refractivity (Wildman–Crippen MR) is 162 cm³/mol. The lowest BCUT2D eigenvalue weighted by atomic mass is 9.97. The highest BCUT2D eigenvalue weighted by Gasteiger charge is 2.29. The Labute approximate surface area is 228 Å². The molecule has 9 rings (SSSR count). The van der Waals surface area contributed by atoms with Crippen molar-refractivity contribution in [3.63, 3.8) is 0 Å². The maximum atomic E-state index is 5.72.